The average molecular weight is 470 g/mol. The third-order valence-electron chi connectivity index (χ3n) is 6.50. The second-order valence-corrected chi connectivity index (χ2v) is 9.26. The maximum Gasteiger partial charge on any atom is 0.228 e. The van der Waals surface area contributed by atoms with Gasteiger partial charge in [-0.15, -0.1) is 0 Å². The smallest absolute Gasteiger partial charge is 0.228 e. The van der Waals surface area contributed by atoms with Gasteiger partial charge in [-0.1, -0.05) is 6.42 Å². The van der Waals surface area contributed by atoms with Crippen LogP contribution in [0.4, 0.5) is 10.2 Å². The van der Waals surface area contributed by atoms with Crippen molar-refractivity contribution >= 4 is 22.8 Å². The zero-order valence-corrected chi connectivity index (χ0v) is 20.0. The molecular formula is C25H32FN5O3. The standard InChI is InChI=1S/C25H32FN5O3/c1-14(2)31-13-28-23-20(26)9-17(10-21(23)31)19-11-22(27-12-15(19)3)30-24(32)16-6-5-7-18(8-16)29-25(33)34-4/h9-14,16,18,25,29,33H,5-8H2,1-4H3,(H,27,30,32)/t16-,18+,25?/m0/s1. The van der Waals surface area contributed by atoms with Crippen LogP contribution < -0.4 is 10.6 Å². The first-order valence-corrected chi connectivity index (χ1v) is 11.7. The molecule has 3 N–H and O–H groups in total. The Balaban J connectivity index is 1.56. The Morgan fingerprint density at radius 2 is 2.06 bits per heavy atom. The molecule has 0 radical (unpaired) electrons. The number of methoxy groups -OCH3 is 1. The Bertz CT molecular complexity index is 1180. The number of aryl methyl sites for hydroxylation is 1. The summed E-state index contributed by atoms with van der Waals surface area (Å²) in [6.07, 6.45) is 5.43. The van der Waals surface area contributed by atoms with E-state index in [0.29, 0.717) is 23.3 Å². The number of carbonyl (C=O) groups is 1. The molecule has 1 aliphatic rings. The van der Waals surface area contributed by atoms with Gasteiger partial charge in [-0.05, 0) is 74.9 Å². The molecule has 0 bridgehead atoms. The third kappa shape index (κ3) is 5.11. The van der Waals surface area contributed by atoms with Gasteiger partial charge in [-0.25, -0.2) is 14.4 Å². The Morgan fingerprint density at radius 1 is 1.26 bits per heavy atom. The van der Waals surface area contributed by atoms with Crippen molar-refractivity contribution in [2.45, 2.75) is 65.0 Å². The number of anilines is 1. The van der Waals surface area contributed by atoms with Gasteiger partial charge in [0.1, 0.15) is 11.3 Å². The molecule has 9 heteroatoms. The maximum atomic E-state index is 14.9. The number of fused-ring (bicyclic) bond motifs is 1. The van der Waals surface area contributed by atoms with Crippen molar-refractivity contribution in [1.29, 1.82) is 0 Å². The molecule has 1 amide bonds. The molecule has 0 spiro atoms. The number of nitrogens with one attached hydrogen (secondary N) is 2. The molecule has 4 rings (SSSR count). The molecule has 182 valence electrons. The van der Waals surface area contributed by atoms with Crippen LogP contribution >= 0.6 is 0 Å². The lowest BCUT2D eigenvalue weighted by Crippen LogP contribution is -2.43. The lowest BCUT2D eigenvalue weighted by molar-refractivity contribution is -0.123. The molecule has 2 aromatic heterocycles. The van der Waals surface area contributed by atoms with Crippen molar-refractivity contribution in [3.05, 3.63) is 42.1 Å². The predicted octanol–water partition coefficient (Wildman–Crippen LogP) is 4.14. The van der Waals surface area contributed by atoms with E-state index in [2.05, 4.69) is 20.6 Å². The summed E-state index contributed by atoms with van der Waals surface area (Å²) in [6.45, 7) is 5.96. The minimum atomic E-state index is -1.04. The number of rotatable bonds is 7. The summed E-state index contributed by atoms with van der Waals surface area (Å²) in [7, 11) is 1.42. The SMILES string of the molecule is COC(O)N[C@@H]1CCC[C@H](C(=O)Nc2cc(-c3cc(F)c4ncn(C(C)C)c4c3)c(C)cn2)C1. The molecule has 1 aliphatic carbocycles. The fourth-order valence-corrected chi connectivity index (χ4v) is 4.64. The first-order chi connectivity index (χ1) is 16.3. The molecule has 34 heavy (non-hydrogen) atoms. The van der Waals surface area contributed by atoms with Crippen LogP contribution in [0.15, 0.2) is 30.7 Å². The molecular weight excluding hydrogens is 437 g/mol. The molecule has 1 saturated carbocycles. The van der Waals surface area contributed by atoms with Gasteiger partial charge in [0.25, 0.3) is 0 Å². The van der Waals surface area contributed by atoms with Crippen LogP contribution in [0.2, 0.25) is 0 Å². The van der Waals surface area contributed by atoms with E-state index in [0.717, 1.165) is 35.9 Å². The number of hydrogen-bond donors (Lipinski definition) is 3. The maximum absolute atomic E-state index is 14.9. The highest BCUT2D eigenvalue weighted by Gasteiger charge is 2.28. The third-order valence-corrected chi connectivity index (χ3v) is 6.50. The zero-order valence-electron chi connectivity index (χ0n) is 20.0. The number of ether oxygens (including phenoxy) is 1. The van der Waals surface area contributed by atoms with Crippen molar-refractivity contribution in [1.82, 2.24) is 19.9 Å². The molecule has 2 heterocycles. The zero-order chi connectivity index (χ0) is 24.4. The van der Waals surface area contributed by atoms with E-state index < -0.39 is 6.41 Å². The van der Waals surface area contributed by atoms with Gasteiger partial charge in [0.2, 0.25) is 12.3 Å². The van der Waals surface area contributed by atoms with Crippen LogP contribution in [0.1, 0.15) is 51.1 Å². The van der Waals surface area contributed by atoms with Gasteiger partial charge < -0.3 is 19.7 Å². The number of imidazole rings is 1. The fourth-order valence-electron chi connectivity index (χ4n) is 4.64. The van der Waals surface area contributed by atoms with Crippen molar-refractivity contribution < 1.29 is 19.0 Å². The molecule has 0 aliphatic heterocycles. The number of pyridine rings is 1. The topological polar surface area (TPSA) is 101 Å². The number of aliphatic hydroxyl groups is 1. The largest absolute Gasteiger partial charge is 0.356 e. The highest BCUT2D eigenvalue weighted by molar-refractivity contribution is 5.93. The van der Waals surface area contributed by atoms with E-state index in [4.69, 9.17) is 4.74 Å². The number of benzene rings is 1. The summed E-state index contributed by atoms with van der Waals surface area (Å²) in [5.41, 5.74) is 3.46. The van der Waals surface area contributed by atoms with Gasteiger partial charge in [0.05, 0.1) is 11.8 Å². The Morgan fingerprint density at radius 3 is 2.79 bits per heavy atom. The second-order valence-electron chi connectivity index (χ2n) is 9.26. The van der Waals surface area contributed by atoms with Crippen molar-refractivity contribution in [3.63, 3.8) is 0 Å². The second kappa shape index (κ2) is 10.2. The molecule has 1 fully saturated rings. The number of aromatic nitrogens is 3. The van der Waals surface area contributed by atoms with Gasteiger partial charge in [0, 0.05) is 31.3 Å². The Hall–Kier alpha value is -2.88. The van der Waals surface area contributed by atoms with E-state index in [1.54, 1.807) is 18.6 Å². The highest BCUT2D eigenvalue weighted by Crippen LogP contribution is 2.31. The Labute approximate surface area is 198 Å². The van der Waals surface area contributed by atoms with E-state index >= 15 is 0 Å². The molecule has 3 aromatic rings. The number of amides is 1. The number of nitrogens with zero attached hydrogens (tertiary/aromatic N) is 3. The van der Waals surface area contributed by atoms with Gasteiger partial charge in [-0.2, -0.15) is 0 Å². The quantitative estimate of drug-likeness (QED) is 0.450. The number of halogens is 1. The number of aliphatic hydroxyl groups excluding tert-OH is 1. The van der Waals surface area contributed by atoms with E-state index in [1.807, 2.05) is 31.4 Å². The predicted molar refractivity (Wildman–Crippen MR) is 129 cm³/mol. The minimum Gasteiger partial charge on any atom is -0.356 e. The summed E-state index contributed by atoms with van der Waals surface area (Å²) in [5.74, 6) is -0.264. The fraction of sp³-hybridized carbons (Fsp3) is 0.480. The van der Waals surface area contributed by atoms with E-state index in [1.165, 1.54) is 13.2 Å². The first kappa shape index (κ1) is 24.3. The Kier molecular flexibility index (Phi) is 7.25. The van der Waals surface area contributed by atoms with Crippen LogP contribution in [0.5, 0.6) is 0 Å². The minimum absolute atomic E-state index is 0.00139. The summed E-state index contributed by atoms with van der Waals surface area (Å²) in [4.78, 5) is 21.6. The normalized spacial score (nSPS) is 19.5. The van der Waals surface area contributed by atoms with Crippen LogP contribution in [0, 0.1) is 18.7 Å². The van der Waals surface area contributed by atoms with Crippen LogP contribution in [0.3, 0.4) is 0 Å². The van der Waals surface area contributed by atoms with Gasteiger partial charge in [-0.3, -0.25) is 10.1 Å². The first-order valence-electron chi connectivity index (χ1n) is 11.7. The van der Waals surface area contributed by atoms with Crippen LogP contribution in [-0.2, 0) is 9.53 Å². The van der Waals surface area contributed by atoms with Crippen molar-refractivity contribution in [2.75, 3.05) is 12.4 Å². The molecule has 1 aromatic carbocycles. The van der Waals surface area contributed by atoms with Crippen LogP contribution in [-0.4, -0.2) is 45.1 Å². The highest BCUT2D eigenvalue weighted by atomic mass is 19.1. The summed E-state index contributed by atoms with van der Waals surface area (Å²) < 4.78 is 21.7. The number of hydrogen-bond acceptors (Lipinski definition) is 6. The molecule has 0 saturated heterocycles. The average Bonchev–Trinajstić information content (AvgIpc) is 3.25. The molecule has 3 atom stereocenters. The van der Waals surface area contributed by atoms with Gasteiger partial charge >= 0.3 is 0 Å². The molecule has 8 nitrogen and oxygen atoms in total. The van der Waals surface area contributed by atoms with E-state index in [-0.39, 0.29) is 29.7 Å². The summed E-state index contributed by atoms with van der Waals surface area (Å²) in [6, 6.07) is 5.34. The lowest BCUT2D eigenvalue weighted by Gasteiger charge is -2.30. The van der Waals surface area contributed by atoms with Crippen LogP contribution in [0.25, 0.3) is 22.2 Å². The van der Waals surface area contributed by atoms with Gasteiger partial charge in [0.15, 0.2) is 5.82 Å². The van der Waals surface area contributed by atoms with Crippen molar-refractivity contribution in [2.24, 2.45) is 5.92 Å². The molecule has 1 unspecified atom stereocenters. The van der Waals surface area contributed by atoms with E-state index in [9.17, 15) is 14.3 Å². The number of carbonyl (C=O) groups excluding carboxylic acids is 1. The summed E-state index contributed by atoms with van der Waals surface area (Å²) in [5, 5.41) is 15.6. The summed E-state index contributed by atoms with van der Waals surface area (Å²) >= 11 is 0. The van der Waals surface area contributed by atoms with Crippen molar-refractivity contribution in [3.8, 4) is 11.1 Å². The lowest BCUT2D eigenvalue weighted by atomic mass is 9.85. The monoisotopic (exact) mass is 469 g/mol.